The number of benzene rings is 1. The first-order valence-electron chi connectivity index (χ1n) is 7.54. The van der Waals surface area contributed by atoms with Crippen molar-refractivity contribution in [3.05, 3.63) is 33.9 Å². The maximum Gasteiger partial charge on any atom is 0.293 e. The summed E-state index contributed by atoms with van der Waals surface area (Å²) in [6.07, 6.45) is 2.08. The molecule has 0 aliphatic carbocycles. The first kappa shape index (κ1) is 19.2. The number of hydrogen-bond donors (Lipinski definition) is 2. The summed E-state index contributed by atoms with van der Waals surface area (Å²) < 4.78 is 0. The molecule has 0 radical (unpaired) electrons. The molecule has 0 spiro atoms. The zero-order chi connectivity index (χ0) is 16.1. The van der Waals surface area contributed by atoms with Crippen LogP contribution in [0.25, 0.3) is 0 Å². The quantitative estimate of drug-likeness (QED) is 0.607. The standard InChI is InChI=1S/C15H22N4O3.ClH/c1-11(9-16)10-17-15(20)12-4-5-13(14(8-12)19(21)22)18-6-2-3-7-18;/h4-5,8,11H,2-3,6-7,9-10,16H2,1H3,(H,17,20);1H. The van der Waals surface area contributed by atoms with Crippen LogP contribution in [-0.2, 0) is 0 Å². The van der Waals surface area contributed by atoms with E-state index in [1.54, 1.807) is 12.1 Å². The third-order valence-electron chi connectivity index (χ3n) is 3.89. The average molecular weight is 343 g/mol. The van der Waals surface area contributed by atoms with E-state index in [-0.39, 0.29) is 29.9 Å². The first-order chi connectivity index (χ1) is 10.5. The predicted molar refractivity (Wildman–Crippen MR) is 92.3 cm³/mol. The minimum Gasteiger partial charge on any atom is -0.366 e. The van der Waals surface area contributed by atoms with Gasteiger partial charge in [0, 0.05) is 31.3 Å². The monoisotopic (exact) mass is 342 g/mol. The SMILES string of the molecule is CC(CN)CNC(=O)c1ccc(N2CCCC2)c([N+](=O)[O-])c1.Cl. The molecule has 7 nitrogen and oxygen atoms in total. The molecule has 1 aliphatic rings. The van der Waals surface area contributed by atoms with Crippen molar-refractivity contribution in [3.63, 3.8) is 0 Å². The fourth-order valence-corrected chi connectivity index (χ4v) is 2.49. The van der Waals surface area contributed by atoms with Crippen LogP contribution in [0, 0.1) is 16.0 Å². The molecule has 1 aliphatic heterocycles. The summed E-state index contributed by atoms with van der Waals surface area (Å²) in [7, 11) is 0. The summed E-state index contributed by atoms with van der Waals surface area (Å²) in [5.74, 6) is -0.140. The lowest BCUT2D eigenvalue weighted by atomic mass is 10.1. The van der Waals surface area contributed by atoms with Gasteiger partial charge in [0.15, 0.2) is 0 Å². The van der Waals surface area contributed by atoms with Gasteiger partial charge >= 0.3 is 0 Å². The lowest BCUT2D eigenvalue weighted by Gasteiger charge is -2.18. The molecule has 1 aromatic rings. The molecule has 0 aromatic heterocycles. The van der Waals surface area contributed by atoms with Crippen LogP contribution >= 0.6 is 12.4 Å². The smallest absolute Gasteiger partial charge is 0.293 e. The topological polar surface area (TPSA) is 102 Å². The molecular formula is C15H23ClN4O3. The highest BCUT2D eigenvalue weighted by molar-refractivity contribution is 5.95. The number of hydrogen-bond acceptors (Lipinski definition) is 5. The molecule has 8 heteroatoms. The van der Waals surface area contributed by atoms with E-state index in [1.807, 2.05) is 11.8 Å². The number of nitrogens with zero attached hydrogens (tertiary/aromatic N) is 2. The minimum atomic E-state index is -0.424. The van der Waals surface area contributed by atoms with E-state index in [0.717, 1.165) is 25.9 Å². The van der Waals surface area contributed by atoms with Gasteiger partial charge < -0.3 is 16.0 Å². The number of nitrogens with two attached hydrogens (primary N) is 1. The molecule has 2 rings (SSSR count). The fraction of sp³-hybridized carbons (Fsp3) is 0.533. The van der Waals surface area contributed by atoms with Gasteiger partial charge in [-0.1, -0.05) is 6.92 Å². The molecule has 1 fully saturated rings. The molecule has 3 N–H and O–H groups in total. The second-order valence-electron chi connectivity index (χ2n) is 5.71. The molecule has 0 bridgehead atoms. The Balaban J connectivity index is 0.00000264. The molecule has 0 saturated carbocycles. The number of rotatable bonds is 6. The van der Waals surface area contributed by atoms with E-state index in [4.69, 9.17) is 5.73 Å². The van der Waals surface area contributed by atoms with Crippen LogP contribution in [0.2, 0.25) is 0 Å². The fourth-order valence-electron chi connectivity index (χ4n) is 2.49. The normalized spacial score (nSPS) is 15.0. The minimum absolute atomic E-state index is 0. The zero-order valence-electron chi connectivity index (χ0n) is 13.2. The van der Waals surface area contributed by atoms with E-state index >= 15 is 0 Å². The Kier molecular flexibility index (Phi) is 7.25. The number of carbonyl (C=O) groups excluding carboxylic acids is 1. The van der Waals surface area contributed by atoms with Crippen LogP contribution in [0.15, 0.2) is 18.2 Å². The lowest BCUT2D eigenvalue weighted by Crippen LogP contribution is -2.31. The first-order valence-corrected chi connectivity index (χ1v) is 7.54. The van der Waals surface area contributed by atoms with Crippen LogP contribution in [0.1, 0.15) is 30.1 Å². The molecule has 1 saturated heterocycles. The Morgan fingerprint density at radius 1 is 1.43 bits per heavy atom. The van der Waals surface area contributed by atoms with Crippen molar-refractivity contribution in [2.24, 2.45) is 11.7 Å². The van der Waals surface area contributed by atoms with Crippen molar-refractivity contribution in [3.8, 4) is 0 Å². The van der Waals surface area contributed by atoms with Gasteiger partial charge in [-0.15, -0.1) is 12.4 Å². The summed E-state index contributed by atoms with van der Waals surface area (Å²) in [6, 6.07) is 4.67. The van der Waals surface area contributed by atoms with Gasteiger partial charge in [0.1, 0.15) is 5.69 Å². The van der Waals surface area contributed by atoms with Gasteiger partial charge in [-0.2, -0.15) is 0 Å². The van der Waals surface area contributed by atoms with E-state index in [2.05, 4.69) is 5.32 Å². The molecule has 23 heavy (non-hydrogen) atoms. The number of nitro groups is 1. The van der Waals surface area contributed by atoms with Crippen molar-refractivity contribution < 1.29 is 9.72 Å². The highest BCUT2D eigenvalue weighted by Crippen LogP contribution is 2.31. The molecule has 1 amide bonds. The average Bonchev–Trinajstić information content (AvgIpc) is 3.05. The van der Waals surface area contributed by atoms with Gasteiger partial charge in [0.25, 0.3) is 11.6 Å². The van der Waals surface area contributed by atoms with E-state index in [1.165, 1.54) is 6.07 Å². The van der Waals surface area contributed by atoms with Crippen LogP contribution in [0.4, 0.5) is 11.4 Å². The third-order valence-corrected chi connectivity index (χ3v) is 3.89. The Hall–Kier alpha value is -1.86. The Morgan fingerprint density at radius 2 is 2.09 bits per heavy atom. The molecule has 1 unspecified atom stereocenters. The van der Waals surface area contributed by atoms with Crippen molar-refractivity contribution in [2.45, 2.75) is 19.8 Å². The molecule has 1 atom stereocenters. The highest BCUT2D eigenvalue weighted by atomic mass is 35.5. The van der Waals surface area contributed by atoms with Gasteiger partial charge in [0.05, 0.1) is 4.92 Å². The van der Waals surface area contributed by atoms with E-state index < -0.39 is 4.92 Å². The van der Waals surface area contributed by atoms with Crippen molar-refractivity contribution in [2.75, 3.05) is 31.1 Å². The number of nitro benzene ring substituents is 1. The maximum atomic E-state index is 12.1. The predicted octanol–water partition coefficient (Wildman–Crippen LogP) is 1.94. The van der Waals surface area contributed by atoms with Crippen LogP contribution in [-0.4, -0.2) is 37.0 Å². The Labute approximate surface area is 141 Å². The van der Waals surface area contributed by atoms with Crippen molar-refractivity contribution in [1.82, 2.24) is 5.32 Å². The van der Waals surface area contributed by atoms with Gasteiger partial charge in [-0.05, 0) is 37.4 Å². The summed E-state index contributed by atoms with van der Waals surface area (Å²) in [5.41, 5.74) is 6.39. The zero-order valence-corrected chi connectivity index (χ0v) is 14.0. The second kappa shape index (κ2) is 8.69. The van der Waals surface area contributed by atoms with Gasteiger partial charge in [-0.3, -0.25) is 14.9 Å². The molecule has 128 valence electrons. The van der Waals surface area contributed by atoms with Crippen molar-refractivity contribution >= 4 is 29.7 Å². The van der Waals surface area contributed by atoms with Crippen molar-refractivity contribution in [1.29, 1.82) is 0 Å². The Bertz CT molecular complexity index is 562. The Morgan fingerprint density at radius 3 is 2.65 bits per heavy atom. The number of nitrogens with one attached hydrogen (secondary N) is 1. The largest absolute Gasteiger partial charge is 0.366 e. The molecule has 1 heterocycles. The number of halogens is 1. The molecular weight excluding hydrogens is 320 g/mol. The second-order valence-corrected chi connectivity index (χ2v) is 5.71. The number of amides is 1. The van der Waals surface area contributed by atoms with Gasteiger partial charge in [0.2, 0.25) is 0 Å². The summed E-state index contributed by atoms with van der Waals surface area (Å²) in [6.45, 7) is 4.51. The maximum absolute atomic E-state index is 12.1. The van der Waals surface area contributed by atoms with Crippen LogP contribution in [0.5, 0.6) is 0 Å². The lowest BCUT2D eigenvalue weighted by molar-refractivity contribution is -0.384. The van der Waals surface area contributed by atoms with Gasteiger partial charge in [-0.25, -0.2) is 0 Å². The summed E-state index contributed by atoms with van der Waals surface area (Å²) >= 11 is 0. The summed E-state index contributed by atoms with van der Waals surface area (Å²) in [4.78, 5) is 25.0. The van der Waals surface area contributed by atoms with Crippen LogP contribution < -0.4 is 16.0 Å². The molecule has 1 aromatic carbocycles. The number of carbonyl (C=O) groups is 1. The van der Waals surface area contributed by atoms with E-state index in [9.17, 15) is 14.9 Å². The number of anilines is 1. The van der Waals surface area contributed by atoms with Crippen LogP contribution in [0.3, 0.4) is 0 Å². The van der Waals surface area contributed by atoms with E-state index in [0.29, 0.717) is 24.3 Å². The summed E-state index contributed by atoms with van der Waals surface area (Å²) in [5, 5.41) is 14.0. The highest BCUT2D eigenvalue weighted by Gasteiger charge is 2.23. The third kappa shape index (κ3) is 4.80.